The standard InChI is InChI=1S/C18H19NO6/c1-12-13(10-24-14-5-3-2-4-6-14)9-16(25-12)17(20)19-7-8-23-11-15(19)18(21)22/h2-6,9,15H,7-8,10-11H2,1H3,(H,21,22). The lowest BCUT2D eigenvalue weighted by Crippen LogP contribution is -2.52. The number of para-hydroxylation sites is 1. The van der Waals surface area contributed by atoms with Crippen LogP contribution in [0.25, 0.3) is 0 Å². The summed E-state index contributed by atoms with van der Waals surface area (Å²) in [5.41, 5.74) is 0.743. The van der Waals surface area contributed by atoms with Crippen molar-refractivity contribution in [1.29, 1.82) is 0 Å². The van der Waals surface area contributed by atoms with Crippen LogP contribution >= 0.6 is 0 Å². The minimum Gasteiger partial charge on any atom is -0.489 e. The van der Waals surface area contributed by atoms with E-state index < -0.39 is 17.9 Å². The number of rotatable bonds is 5. The lowest BCUT2D eigenvalue weighted by molar-refractivity contribution is -0.147. The molecule has 2 heterocycles. The lowest BCUT2D eigenvalue weighted by atomic mass is 10.2. The number of furan rings is 1. The average molecular weight is 345 g/mol. The van der Waals surface area contributed by atoms with Crippen molar-refractivity contribution in [3.63, 3.8) is 0 Å². The number of aliphatic carboxylic acids is 1. The van der Waals surface area contributed by atoms with Gasteiger partial charge in [-0.2, -0.15) is 0 Å². The normalized spacial score (nSPS) is 17.3. The summed E-state index contributed by atoms with van der Waals surface area (Å²) in [6.07, 6.45) is 0. The van der Waals surface area contributed by atoms with Gasteiger partial charge in [0.25, 0.3) is 5.91 Å². The Morgan fingerprint density at radius 3 is 2.80 bits per heavy atom. The number of nitrogens with zero attached hydrogens (tertiary/aromatic N) is 1. The average Bonchev–Trinajstić information content (AvgIpc) is 3.01. The van der Waals surface area contributed by atoms with E-state index in [1.807, 2.05) is 30.3 Å². The fourth-order valence-corrected chi connectivity index (χ4v) is 2.64. The summed E-state index contributed by atoms with van der Waals surface area (Å²) in [5, 5.41) is 9.25. The molecule has 0 radical (unpaired) electrons. The Labute approximate surface area is 144 Å². The van der Waals surface area contributed by atoms with Crippen molar-refractivity contribution in [3.05, 3.63) is 53.5 Å². The van der Waals surface area contributed by atoms with Crippen molar-refractivity contribution in [1.82, 2.24) is 4.90 Å². The predicted molar refractivity (Wildman–Crippen MR) is 87.5 cm³/mol. The van der Waals surface area contributed by atoms with Gasteiger partial charge in [0.15, 0.2) is 11.8 Å². The first kappa shape index (κ1) is 17.0. The number of morpholine rings is 1. The van der Waals surface area contributed by atoms with Crippen molar-refractivity contribution in [2.24, 2.45) is 0 Å². The molecule has 1 aliphatic heterocycles. The van der Waals surface area contributed by atoms with E-state index in [4.69, 9.17) is 13.9 Å². The summed E-state index contributed by atoms with van der Waals surface area (Å²) < 4.78 is 16.4. The van der Waals surface area contributed by atoms with E-state index in [1.54, 1.807) is 13.0 Å². The summed E-state index contributed by atoms with van der Waals surface area (Å²) in [5.74, 6) is -0.152. The van der Waals surface area contributed by atoms with Gasteiger partial charge < -0.3 is 23.9 Å². The molecular formula is C18H19NO6. The molecule has 1 fully saturated rings. The molecule has 0 bridgehead atoms. The molecule has 1 aromatic heterocycles. The van der Waals surface area contributed by atoms with Crippen LogP contribution in [0.2, 0.25) is 0 Å². The van der Waals surface area contributed by atoms with Crippen LogP contribution in [-0.2, 0) is 16.1 Å². The largest absolute Gasteiger partial charge is 0.489 e. The third-order valence-electron chi connectivity index (χ3n) is 4.04. The SMILES string of the molecule is Cc1oc(C(=O)N2CCOCC2C(=O)O)cc1COc1ccccc1. The summed E-state index contributed by atoms with van der Waals surface area (Å²) in [6.45, 7) is 2.50. The van der Waals surface area contributed by atoms with E-state index >= 15 is 0 Å². The second-order valence-electron chi connectivity index (χ2n) is 5.72. The first-order valence-electron chi connectivity index (χ1n) is 7.95. The Bertz CT molecular complexity index is 754. The Morgan fingerprint density at radius 1 is 1.32 bits per heavy atom. The van der Waals surface area contributed by atoms with Gasteiger partial charge in [-0.05, 0) is 25.1 Å². The van der Waals surface area contributed by atoms with Crippen molar-refractivity contribution >= 4 is 11.9 Å². The Morgan fingerprint density at radius 2 is 2.08 bits per heavy atom. The zero-order valence-corrected chi connectivity index (χ0v) is 13.8. The number of ether oxygens (including phenoxy) is 2. The van der Waals surface area contributed by atoms with Crippen LogP contribution in [0, 0.1) is 6.92 Å². The van der Waals surface area contributed by atoms with Gasteiger partial charge in [-0.25, -0.2) is 4.79 Å². The molecule has 132 valence electrons. The van der Waals surface area contributed by atoms with E-state index in [1.165, 1.54) is 4.90 Å². The Kier molecular flexibility index (Phi) is 5.04. The maximum absolute atomic E-state index is 12.6. The van der Waals surface area contributed by atoms with Gasteiger partial charge in [-0.3, -0.25) is 4.79 Å². The minimum absolute atomic E-state index is 0.0231. The summed E-state index contributed by atoms with van der Waals surface area (Å²) in [6, 6.07) is 9.92. The topological polar surface area (TPSA) is 89.2 Å². The van der Waals surface area contributed by atoms with Crippen molar-refractivity contribution in [2.45, 2.75) is 19.6 Å². The third-order valence-corrected chi connectivity index (χ3v) is 4.04. The molecule has 1 saturated heterocycles. The zero-order chi connectivity index (χ0) is 17.8. The molecule has 1 aromatic carbocycles. The van der Waals surface area contributed by atoms with Gasteiger partial charge in [0, 0.05) is 12.1 Å². The highest BCUT2D eigenvalue weighted by Crippen LogP contribution is 2.21. The number of carboxylic acid groups (broad SMARTS) is 1. The van der Waals surface area contributed by atoms with Crippen LogP contribution in [0.5, 0.6) is 5.75 Å². The highest BCUT2D eigenvalue weighted by Gasteiger charge is 2.34. The van der Waals surface area contributed by atoms with E-state index in [2.05, 4.69) is 0 Å². The lowest BCUT2D eigenvalue weighted by Gasteiger charge is -2.32. The van der Waals surface area contributed by atoms with Gasteiger partial charge in [0.1, 0.15) is 18.1 Å². The van der Waals surface area contributed by atoms with Crippen LogP contribution in [0.4, 0.5) is 0 Å². The predicted octanol–water partition coefficient (Wildman–Crippen LogP) is 2.09. The van der Waals surface area contributed by atoms with E-state index in [9.17, 15) is 14.7 Å². The molecular weight excluding hydrogens is 326 g/mol. The highest BCUT2D eigenvalue weighted by molar-refractivity contribution is 5.94. The zero-order valence-electron chi connectivity index (χ0n) is 13.8. The molecule has 1 N–H and O–H groups in total. The van der Waals surface area contributed by atoms with Crippen LogP contribution in [-0.4, -0.2) is 47.7 Å². The van der Waals surface area contributed by atoms with Gasteiger partial charge in [-0.1, -0.05) is 18.2 Å². The van der Waals surface area contributed by atoms with Gasteiger partial charge >= 0.3 is 5.97 Å². The van der Waals surface area contributed by atoms with Crippen molar-refractivity contribution in [2.75, 3.05) is 19.8 Å². The maximum Gasteiger partial charge on any atom is 0.328 e. The molecule has 3 rings (SSSR count). The quantitative estimate of drug-likeness (QED) is 0.892. The van der Waals surface area contributed by atoms with Crippen LogP contribution in [0.1, 0.15) is 21.9 Å². The van der Waals surface area contributed by atoms with Crippen molar-refractivity contribution < 1.29 is 28.6 Å². The molecule has 1 unspecified atom stereocenters. The maximum atomic E-state index is 12.6. The smallest absolute Gasteiger partial charge is 0.328 e. The number of amides is 1. The van der Waals surface area contributed by atoms with Crippen LogP contribution in [0.15, 0.2) is 40.8 Å². The van der Waals surface area contributed by atoms with Crippen molar-refractivity contribution in [3.8, 4) is 5.75 Å². The minimum atomic E-state index is -1.09. The molecule has 7 heteroatoms. The number of benzene rings is 1. The number of carboxylic acids is 1. The molecule has 0 aliphatic carbocycles. The molecule has 1 aliphatic rings. The van der Waals surface area contributed by atoms with E-state index in [-0.39, 0.29) is 25.5 Å². The number of carbonyl (C=O) groups is 2. The first-order chi connectivity index (χ1) is 12.1. The van der Waals surface area contributed by atoms with Crippen LogP contribution in [0.3, 0.4) is 0 Å². The number of hydrogen-bond donors (Lipinski definition) is 1. The Hall–Kier alpha value is -2.80. The van der Waals surface area contributed by atoms with Gasteiger partial charge in [0.05, 0.1) is 13.2 Å². The first-order valence-corrected chi connectivity index (χ1v) is 7.95. The Balaban J connectivity index is 1.72. The molecule has 25 heavy (non-hydrogen) atoms. The molecule has 0 saturated carbocycles. The number of aryl methyl sites for hydroxylation is 1. The van der Waals surface area contributed by atoms with E-state index in [0.717, 1.165) is 11.3 Å². The molecule has 0 spiro atoms. The second kappa shape index (κ2) is 7.40. The molecule has 1 amide bonds. The van der Waals surface area contributed by atoms with Crippen LogP contribution < -0.4 is 4.74 Å². The van der Waals surface area contributed by atoms with Gasteiger partial charge in [-0.15, -0.1) is 0 Å². The highest BCUT2D eigenvalue weighted by atomic mass is 16.5. The summed E-state index contributed by atoms with van der Waals surface area (Å²) in [7, 11) is 0. The third kappa shape index (κ3) is 3.83. The van der Waals surface area contributed by atoms with Gasteiger partial charge in [0.2, 0.25) is 0 Å². The summed E-state index contributed by atoms with van der Waals surface area (Å²) >= 11 is 0. The second-order valence-corrected chi connectivity index (χ2v) is 5.72. The number of carbonyl (C=O) groups excluding carboxylic acids is 1. The van der Waals surface area contributed by atoms with E-state index in [0.29, 0.717) is 12.4 Å². The fourth-order valence-electron chi connectivity index (χ4n) is 2.64. The summed E-state index contributed by atoms with van der Waals surface area (Å²) in [4.78, 5) is 25.2. The number of hydrogen-bond acceptors (Lipinski definition) is 5. The monoisotopic (exact) mass is 345 g/mol. The molecule has 1 atom stereocenters. The molecule has 7 nitrogen and oxygen atoms in total. The molecule has 2 aromatic rings. The fraction of sp³-hybridized carbons (Fsp3) is 0.333.